The minimum atomic E-state index is -1.15. The van der Waals surface area contributed by atoms with E-state index in [1.54, 1.807) is 67.5 Å². The fraction of sp³-hybridized carbons (Fsp3) is 0.500. The number of hydrogen-bond donors (Lipinski definition) is 3. The molecule has 0 spiro atoms. The molecule has 10 nitrogen and oxygen atoms in total. The smallest absolute Gasteiger partial charge is 0.408 e. The zero-order valence-electron chi connectivity index (χ0n) is 25.9. The Morgan fingerprint density at radius 1 is 0.976 bits per heavy atom. The maximum atomic E-state index is 14.5. The summed E-state index contributed by atoms with van der Waals surface area (Å²) in [5.41, 5.74) is 0.0794. The summed E-state index contributed by atoms with van der Waals surface area (Å²) in [5, 5.41) is 15.7. The van der Waals surface area contributed by atoms with Gasteiger partial charge in [-0.1, -0.05) is 36.4 Å². The van der Waals surface area contributed by atoms with E-state index >= 15 is 0 Å². The number of carbonyl (C=O) groups is 4. The molecule has 0 aliphatic carbocycles. The number of nitrogens with one attached hydrogen (secondary N) is 2. The standard InChI is InChI=1S/C32H45N3O7/c1-9-41-26(37)17-18-33-28(38)27(23-15-16-25(36)21(2)19-23)35(31(3,4)5)29(39)24(20-22-13-11-10-12-14-22)34-30(40)42-32(6,7)8/h10-16,19,24,27,36H,9,17-18,20H2,1-8H3,(H,33,38)(H,34,40). The molecule has 0 fully saturated rings. The fourth-order valence-corrected chi connectivity index (χ4v) is 4.40. The zero-order valence-corrected chi connectivity index (χ0v) is 25.9. The van der Waals surface area contributed by atoms with E-state index in [9.17, 15) is 24.3 Å². The number of carbonyl (C=O) groups excluding carboxylic acids is 4. The quantitative estimate of drug-likeness (QED) is 0.330. The number of phenolic OH excluding ortho intramolecular Hbond substituents is 1. The summed E-state index contributed by atoms with van der Waals surface area (Å²) < 4.78 is 10.4. The van der Waals surface area contributed by atoms with E-state index in [-0.39, 0.29) is 31.7 Å². The van der Waals surface area contributed by atoms with Crippen LogP contribution in [0.15, 0.2) is 48.5 Å². The number of benzene rings is 2. The normalized spacial score (nSPS) is 13.0. The monoisotopic (exact) mass is 583 g/mol. The number of nitrogens with zero attached hydrogens (tertiary/aromatic N) is 1. The number of aromatic hydroxyl groups is 1. The Balaban J connectivity index is 2.57. The summed E-state index contributed by atoms with van der Waals surface area (Å²) in [5.74, 6) is -1.44. The molecule has 3 N–H and O–H groups in total. The summed E-state index contributed by atoms with van der Waals surface area (Å²) in [6, 6.07) is 11.7. The van der Waals surface area contributed by atoms with Crippen molar-refractivity contribution >= 4 is 23.9 Å². The Kier molecular flexibility index (Phi) is 11.9. The summed E-state index contributed by atoms with van der Waals surface area (Å²) in [4.78, 5) is 54.5. The van der Waals surface area contributed by atoms with Crippen LogP contribution in [0.1, 0.15) is 77.6 Å². The second kappa shape index (κ2) is 14.7. The van der Waals surface area contributed by atoms with Gasteiger partial charge in [-0.05, 0) is 84.2 Å². The highest BCUT2D eigenvalue weighted by Crippen LogP contribution is 2.32. The average molecular weight is 584 g/mol. The van der Waals surface area contributed by atoms with Gasteiger partial charge in [0.25, 0.3) is 0 Å². The number of alkyl carbamates (subject to hydrolysis) is 1. The number of esters is 1. The number of amides is 3. The van der Waals surface area contributed by atoms with Gasteiger partial charge in [-0.3, -0.25) is 14.4 Å². The molecule has 2 rings (SSSR count). The average Bonchev–Trinajstić information content (AvgIpc) is 2.87. The van der Waals surface area contributed by atoms with Crippen molar-refractivity contribution in [1.82, 2.24) is 15.5 Å². The van der Waals surface area contributed by atoms with E-state index in [2.05, 4.69) is 10.6 Å². The third kappa shape index (κ3) is 10.4. The molecule has 0 aliphatic heterocycles. The first-order chi connectivity index (χ1) is 19.5. The molecule has 0 bridgehead atoms. The van der Waals surface area contributed by atoms with Crippen molar-refractivity contribution in [3.05, 3.63) is 65.2 Å². The van der Waals surface area contributed by atoms with Crippen LogP contribution < -0.4 is 10.6 Å². The SMILES string of the molecule is CCOC(=O)CCNC(=O)C(c1ccc(O)c(C)c1)N(C(=O)C(Cc1ccccc1)NC(=O)OC(C)(C)C)C(C)(C)C. The predicted molar refractivity (Wildman–Crippen MR) is 160 cm³/mol. The van der Waals surface area contributed by atoms with Crippen molar-refractivity contribution < 1.29 is 33.8 Å². The lowest BCUT2D eigenvalue weighted by atomic mass is 9.93. The van der Waals surface area contributed by atoms with E-state index < -0.39 is 47.1 Å². The zero-order chi connectivity index (χ0) is 31.7. The fourth-order valence-electron chi connectivity index (χ4n) is 4.40. The molecule has 0 aromatic heterocycles. The highest BCUT2D eigenvalue weighted by molar-refractivity contribution is 5.93. The maximum Gasteiger partial charge on any atom is 0.408 e. The van der Waals surface area contributed by atoms with Crippen molar-refractivity contribution in [2.24, 2.45) is 0 Å². The second-order valence-corrected chi connectivity index (χ2v) is 12.1. The van der Waals surface area contributed by atoms with Gasteiger partial charge >= 0.3 is 12.1 Å². The summed E-state index contributed by atoms with van der Waals surface area (Å²) in [7, 11) is 0. The topological polar surface area (TPSA) is 134 Å². The van der Waals surface area contributed by atoms with Crippen LogP contribution in [-0.4, -0.2) is 64.2 Å². The number of hydrogen-bond acceptors (Lipinski definition) is 7. The van der Waals surface area contributed by atoms with E-state index in [1.807, 2.05) is 30.3 Å². The van der Waals surface area contributed by atoms with Gasteiger partial charge < -0.3 is 30.1 Å². The molecule has 0 saturated carbocycles. The Hall–Kier alpha value is -4.08. The van der Waals surface area contributed by atoms with Crippen LogP contribution in [0.4, 0.5) is 4.79 Å². The van der Waals surface area contributed by atoms with E-state index in [1.165, 1.54) is 11.0 Å². The van der Waals surface area contributed by atoms with Crippen molar-refractivity contribution in [2.45, 2.75) is 91.5 Å². The molecule has 2 unspecified atom stereocenters. The molecule has 0 heterocycles. The van der Waals surface area contributed by atoms with Crippen molar-refractivity contribution in [3.8, 4) is 5.75 Å². The first kappa shape index (κ1) is 34.1. The van der Waals surface area contributed by atoms with Crippen molar-refractivity contribution in [2.75, 3.05) is 13.2 Å². The molecule has 0 aliphatic rings. The lowest BCUT2D eigenvalue weighted by Crippen LogP contribution is -2.59. The van der Waals surface area contributed by atoms with Crippen molar-refractivity contribution in [3.63, 3.8) is 0 Å². The van der Waals surface area contributed by atoms with Gasteiger partial charge in [-0.2, -0.15) is 0 Å². The maximum absolute atomic E-state index is 14.5. The molecule has 42 heavy (non-hydrogen) atoms. The number of aryl methyl sites for hydroxylation is 1. The summed E-state index contributed by atoms with van der Waals surface area (Å²) in [6.07, 6.45) is -0.653. The van der Waals surface area contributed by atoms with Gasteiger partial charge in [0.2, 0.25) is 11.8 Å². The molecule has 230 valence electrons. The molecule has 0 saturated heterocycles. The van der Waals surface area contributed by atoms with Crippen LogP contribution in [0.5, 0.6) is 5.75 Å². The number of phenols is 1. The van der Waals surface area contributed by atoms with Gasteiger partial charge in [0.05, 0.1) is 13.0 Å². The van der Waals surface area contributed by atoms with E-state index in [4.69, 9.17) is 9.47 Å². The van der Waals surface area contributed by atoms with Gasteiger partial charge in [0, 0.05) is 18.5 Å². The van der Waals surface area contributed by atoms with E-state index in [0.29, 0.717) is 11.1 Å². The largest absolute Gasteiger partial charge is 0.508 e. The number of ether oxygens (including phenoxy) is 2. The van der Waals surface area contributed by atoms with E-state index in [0.717, 1.165) is 5.56 Å². The predicted octanol–water partition coefficient (Wildman–Crippen LogP) is 4.57. The van der Waals surface area contributed by atoms with Crippen LogP contribution in [0.3, 0.4) is 0 Å². The Labute approximate surface area is 248 Å². The third-order valence-electron chi connectivity index (χ3n) is 6.21. The Morgan fingerprint density at radius 2 is 1.62 bits per heavy atom. The highest BCUT2D eigenvalue weighted by Gasteiger charge is 2.42. The summed E-state index contributed by atoms with van der Waals surface area (Å²) in [6.45, 7) is 14.2. The van der Waals surface area contributed by atoms with Crippen molar-refractivity contribution in [1.29, 1.82) is 0 Å². The van der Waals surface area contributed by atoms with Gasteiger partial charge in [-0.25, -0.2) is 4.79 Å². The molecule has 3 amide bonds. The Morgan fingerprint density at radius 3 is 2.17 bits per heavy atom. The first-order valence-corrected chi connectivity index (χ1v) is 14.1. The molecule has 2 aromatic rings. The van der Waals surface area contributed by atoms with Crippen LogP contribution in [0, 0.1) is 6.92 Å². The highest BCUT2D eigenvalue weighted by atomic mass is 16.6. The summed E-state index contributed by atoms with van der Waals surface area (Å²) >= 11 is 0. The Bertz CT molecular complexity index is 1230. The van der Waals surface area contributed by atoms with Gasteiger partial charge in [-0.15, -0.1) is 0 Å². The third-order valence-corrected chi connectivity index (χ3v) is 6.21. The molecule has 10 heteroatoms. The first-order valence-electron chi connectivity index (χ1n) is 14.1. The molecular weight excluding hydrogens is 538 g/mol. The van der Waals surface area contributed by atoms with Crippen LogP contribution in [0.25, 0.3) is 0 Å². The van der Waals surface area contributed by atoms with Crippen LogP contribution in [-0.2, 0) is 30.3 Å². The molecule has 0 radical (unpaired) electrons. The van der Waals surface area contributed by atoms with Crippen LogP contribution >= 0.6 is 0 Å². The minimum absolute atomic E-state index is 0.00100. The lowest BCUT2D eigenvalue weighted by molar-refractivity contribution is -0.149. The van der Waals surface area contributed by atoms with Crippen LogP contribution in [0.2, 0.25) is 0 Å². The molecule has 2 aromatic carbocycles. The van der Waals surface area contributed by atoms with Gasteiger partial charge in [0.15, 0.2) is 0 Å². The second-order valence-electron chi connectivity index (χ2n) is 12.1. The van der Waals surface area contributed by atoms with Gasteiger partial charge in [0.1, 0.15) is 23.4 Å². The number of rotatable bonds is 11. The minimum Gasteiger partial charge on any atom is -0.508 e. The molecular formula is C32H45N3O7. The molecule has 2 atom stereocenters. The lowest BCUT2D eigenvalue weighted by Gasteiger charge is -2.43.